The number of halogens is 1. The van der Waals surface area contributed by atoms with Crippen LogP contribution in [0.1, 0.15) is 36.7 Å². The maximum atomic E-state index is 6.18. The first-order valence-electron chi connectivity index (χ1n) is 8.60. The molecule has 5 heteroatoms. The van der Waals surface area contributed by atoms with E-state index in [-0.39, 0.29) is 0 Å². The number of ether oxygens (including phenoxy) is 1. The summed E-state index contributed by atoms with van der Waals surface area (Å²) < 4.78 is 8.06. The van der Waals surface area contributed by atoms with Crippen molar-refractivity contribution in [3.8, 4) is 0 Å². The molecule has 0 bridgehead atoms. The van der Waals surface area contributed by atoms with E-state index in [1.807, 2.05) is 32.4 Å². The fourth-order valence-electron chi connectivity index (χ4n) is 2.54. The van der Waals surface area contributed by atoms with Crippen LogP contribution in [-0.4, -0.2) is 41.7 Å². The molecule has 1 heterocycles. The fraction of sp³-hybridized carbons (Fsp3) is 0.526. The van der Waals surface area contributed by atoms with E-state index in [1.165, 1.54) is 18.4 Å². The Hall–Kier alpha value is -1.36. The molecule has 0 saturated heterocycles. The summed E-state index contributed by atoms with van der Waals surface area (Å²) in [6, 6.07) is 6.04. The third-order valence-corrected chi connectivity index (χ3v) is 4.25. The van der Waals surface area contributed by atoms with Crippen molar-refractivity contribution in [2.75, 3.05) is 27.2 Å². The Morgan fingerprint density at radius 3 is 2.83 bits per heavy atom. The first kappa shape index (κ1) is 19.0. The molecular formula is C19H28ClN3O. The largest absolute Gasteiger partial charge is 0.375 e. The number of hydrogen-bond donors (Lipinski definition) is 0. The molecule has 132 valence electrons. The number of imidazole rings is 1. The van der Waals surface area contributed by atoms with Gasteiger partial charge in [0.15, 0.2) is 0 Å². The summed E-state index contributed by atoms with van der Waals surface area (Å²) in [7, 11) is 4.09. The molecule has 2 rings (SSSR count). The maximum absolute atomic E-state index is 6.18. The van der Waals surface area contributed by atoms with Crippen molar-refractivity contribution in [1.29, 1.82) is 0 Å². The Morgan fingerprint density at radius 1 is 1.25 bits per heavy atom. The molecule has 0 aliphatic rings. The molecule has 2 aromatic rings. The zero-order valence-corrected chi connectivity index (χ0v) is 15.7. The Morgan fingerprint density at radius 2 is 2.08 bits per heavy atom. The lowest BCUT2D eigenvalue weighted by molar-refractivity contribution is 0.105. The van der Waals surface area contributed by atoms with Crippen LogP contribution < -0.4 is 0 Å². The molecule has 0 fully saturated rings. The van der Waals surface area contributed by atoms with Gasteiger partial charge in [0.25, 0.3) is 0 Å². The fourth-order valence-corrected chi connectivity index (χ4v) is 2.73. The van der Waals surface area contributed by atoms with Crippen LogP contribution in [-0.2, 0) is 24.3 Å². The first-order valence-corrected chi connectivity index (χ1v) is 8.97. The van der Waals surface area contributed by atoms with Gasteiger partial charge >= 0.3 is 0 Å². The first-order chi connectivity index (χ1) is 11.6. The Bertz CT molecular complexity index is 625. The van der Waals surface area contributed by atoms with Crippen LogP contribution in [0.5, 0.6) is 0 Å². The summed E-state index contributed by atoms with van der Waals surface area (Å²) >= 11 is 6.18. The molecule has 1 aromatic carbocycles. The Labute approximate surface area is 150 Å². The summed E-state index contributed by atoms with van der Waals surface area (Å²) in [6.45, 7) is 5.44. The van der Waals surface area contributed by atoms with Gasteiger partial charge in [0.2, 0.25) is 0 Å². The second-order valence-electron chi connectivity index (χ2n) is 6.34. The number of likely N-dealkylation sites (N-methyl/N-ethyl adjacent to an activating group) is 1. The highest BCUT2D eigenvalue weighted by Crippen LogP contribution is 2.20. The summed E-state index contributed by atoms with van der Waals surface area (Å²) in [4.78, 5) is 6.64. The van der Waals surface area contributed by atoms with Crippen molar-refractivity contribution >= 4 is 11.6 Å². The summed E-state index contributed by atoms with van der Waals surface area (Å²) in [5.41, 5.74) is 2.37. The van der Waals surface area contributed by atoms with Crippen LogP contribution >= 0.6 is 11.6 Å². The zero-order chi connectivity index (χ0) is 17.4. The van der Waals surface area contributed by atoms with Crippen LogP contribution in [0.3, 0.4) is 0 Å². The molecule has 0 amide bonds. The van der Waals surface area contributed by atoms with Gasteiger partial charge in [0.1, 0.15) is 5.82 Å². The lowest BCUT2D eigenvalue weighted by atomic mass is 10.0. The third kappa shape index (κ3) is 5.93. The van der Waals surface area contributed by atoms with Crippen molar-refractivity contribution in [3.63, 3.8) is 0 Å². The molecular weight excluding hydrogens is 322 g/mol. The van der Waals surface area contributed by atoms with E-state index in [0.717, 1.165) is 35.9 Å². The number of hydrogen-bond acceptors (Lipinski definition) is 3. The standard InChI is InChI=1S/C19H28ClN3O/c1-4-5-9-23-10-8-21-19(23)14-16-6-7-18(20)13-17(16)15-24-12-11-22(2)3/h6-8,10,13H,4-5,9,11-12,14-15H2,1-3H3. The maximum Gasteiger partial charge on any atom is 0.113 e. The lowest BCUT2D eigenvalue weighted by Crippen LogP contribution is -2.18. The molecule has 0 aliphatic carbocycles. The van der Waals surface area contributed by atoms with E-state index in [4.69, 9.17) is 16.3 Å². The summed E-state index contributed by atoms with van der Waals surface area (Å²) in [5, 5.41) is 0.749. The van der Waals surface area contributed by atoms with Gasteiger partial charge < -0.3 is 14.2 Å². The normalized spacial score (nSPS) is 11.4. The topological polar surface area (TPSA) is 30.3 Å². The molecule has 0 spiro atoms. The van der Waals surface area contributed by atoms with E-state index >= 15 is 0 Å². The van der Waals surface area contributed by atoms with Crippen molar-refractivity contribution in [2.24, 2.45) is 0 Å². The van der Waals surface area contributed by atoms with Crippen LogP contribution in [0.4, 0.5) is 0 Å². The van der Waals surface area contributed by atoms with Crippen LogP contribution in [0.2, 0.25) is 5.02 Å². The van der Waals surface area contributed by atoms with Gasteiger partial charge in [-0.05, 0) is 43.8 Å². The van der Waals surface area contributed by atoms with Gasteiger partial charge in [0.05, 0.1) is 13.2 Å². The minimum Gasteiger partial charge on any atom is -0.375 e. The number of rotatable bonds is 10. The van der Waals surface area contributed by atoms with E-state index in [2.05, 4.69) is 33.6 Å². The van der Waals surface area contributed by atoms with E-state index in [1.54, 1.807) is 0 Å². The molecule has 0 unspecified atom stereocenters. The highest BCUT2D eigenvalue weighted by Gasteiger charge is 2.09. The number of aryl methyl sites for hydroxylation is 1. The minimum absolute atomic E-state index is 0.583. The number of unbranched alkanes of at least 4 members (excludes halogenated alkanes) is 1. The number of nitrogens with zero attached hydrogens (tertiary/aromatic N) is 3. The monoisotopic (exact) mass is 349 g/mol. The summed E-state index contributed by atoms with van der Waals surface area (Å²) in [5.74, 6) is 1.10. The van der Waals surface area contributed by atoms with Gasteiger partial charge in [-0.2, -0.15) is 0 Å². The number of benzene rings is 1. The molecule has 0 atom stereocenters. The van der Waals surface area contributed by atoms with Crippen molar-refractivity contribution in [3.05, 3.63) is 52.6 Å². The molecule has 0 aliphatic heterocycles. The summed E-state index contributed by atoms with van der Waals surface area (Å²) in [6.07, 6.45) is 7.11. The molecule has 0 radical (unpaired) electrons. The van der Waals surface area contributed by atoms with E-state index < -0.39 is 0 Å². The van der Waals surface area contributed by atoms with Crippen molar-refractivity contribution in [2.45, 2.75) is 39.3 Å². The van der Waals surface area contributed by atoms with Gasteiger partial charge in [-0.25, -0.2) is 4.98 Å². The minimum atomic E-state index is 0.583. The van der Waals surface area contributed by atoms with Gasteiger partial charge in [-0.1, -0.05) is 31.0 Å². The predicted molar refractivity (Wildman–Crippen MR) is 99.6 cm³/mol. The van der Waals surface area contributed by atoms with Crippen molar-refractivity contribution in [1.82, 2.24) is 14.5 Å². The van der Waals surface area contributed by atoms with Gasteiger partial charge in [0, 0.05) is 36.9 Å². The molecule has 24 heavy (non-hydrogen) atoms. The second-order valence-corrected chi connectivity index (χ2v) is 6.77. The molecule has 0 N–H and O–H groups in total. The van der Waals surface area contributed by atoms with Crippen molar-refractivity contribution < 1.29 is 4.74 Å². The second kappa shape index (κ2) is 9.82. The molecule has 0 saturated carbocycles. The smallest absolute Gasteiger partial charge is 0.113 e. The SMILES string of the molecule is CCCCn1ccnc1Cc1ccc(Cl)cc1COCCN(C)C. The van der Waals surface area contributed by atoms with E-state index in [0.29, 0.717) is 13.2 Å². The number of aromatic nitrogens is 2. The van der Waals surface area contributed by atoms with Crippen LogP contribution in [0.25, 0.3) is 0 Å². The molecule has 4 nitrogen and oxygen atoms in total. The predicted octanol–water partition coefficient (Wildman–Crippen LogP) is 4.01. The van der Waals surface area contributed by atoms with Gasteiger partial charge in [-0.15, -0.1) is 0 Å². The molecule has 1 aromatic heterocycles. The highest BCUT2D eigenvalue weighted by atomic mass is 35.5. The third-order valence-electron chi connectivity index (χ3n) is 4.01. The average Bonchev–Trinajstić information content (AvgIpc) is 2.98. The van der Waals surface area contributed by atoms with Crippen LogP contribution in [0, 0.1) is 0 Å². The Balaban J connectivity index is 2.05. The average molecular weight is 350 g/mol. The van der Waals surface area contributed by atoms with Gasteiger partial charge in [-0.3, -0.25) is 0 Å². The van der Waals surface area contributed by atoms with Crippen LogP contribution in [0.15, 0.2) is 30.6 Å². The highest BCUT2D eigenvalue weighted by molar-refractivity contribution is 6.30. The lowest BCUT2D eigenvalue weighted by Gasteiger charge is -2.14. The quantitative estimate of drug-likeness (QED) is 0.607. The van der Waals surface area contributed by atoms with E-state index in [9.17, 15) is 0 Å². The Kier molecular flexibility index (Phi) is 7.76. The zero-order valence-electron chi connectivity index (χ0n) is 15.0.